The minimum atomic E-state index is -1.04. The van der Waals surface area contributed by atoms with Crippen molar-refractivity contribution in [1.82, 2.24) is 0 Å². The Morgan fingerprint density at radius 3 is 2.26 bits per heavy atom. The van der Waals surface area contributed by atoms with Crippen LogP contribution in [0.4, 0.5) is 0 Å². The van der Waals surface area contributed by atoms with Crippen molar-refractivity contribution in [3.8, 4) is 0 Å². The van der Waals surface area contributed by atoms with Crippen LogP contribution < -0.4 is 0 Å². The Morgan fingerprint density at radius 2 is 1.67 bits per heavy atom. The quantitative estimate of drug-likeness (QED) is 0.548. The average Bonchev–Trinajstić information content (AvgIpc) is 2.70. The Hall–Kier alpha value is -3.40. The van der Waals surface area contributed by atoms with E-state index >= 15 is 0 Å². The number of carbonyl (C=O) groups excluding carboxylic acids is 1. The zero-order valence-corrected chi connectivity index (χ0v) is 15.2. The van der Waals surface area contributed by atoms with Crippen LogP contribution in [-0.4, -0.2) is 17.0 Å². The number of carboxylic acids is 1. The van der Waals surface area contributed by atoms with Gasteiger partial charge in [0.15, 0.2) is 0 Å². The van der Waals surface area contributed by atoms with Crippen LogP contribution in [0.25, 0.3) is 6.08 Å². The van der Waals surface area contributed by atoms with Crippen LogP contribution in [0.1, 0.15) is 18.1 Å². The minimum absolute atomic E-state index is 0.134. The molecule has 0 saturated carbocycles. The largest absolute Gasteiger partial charge is 0.478 e. The number of ether oxygens (including phenoxy) is 1. The number of hydrogen-bond donors (Lipinski definition) is 1. The first-order valence-corrected chi connectivity index (χ1v) is 8.52. The fraction of sp³-hybridized carbons (Fsp3) is 0.130. The van der Waals surface area contributed by atoms with Crippen LogP contribution in [0.5, 0.6) is 0 Å². The summed E-state index contributed by atoms with van der Waals surface area (Å²) in [5.41, 5.74) is 2.12. The minimum Gasteiger partial charge on any atom is -0.478 e. The Kier molecular flexibility index (Phi) is 7.32. The van der Waals surface area contributed by atoms with Gasteiger partial charge in [0.25, 0.3) is 0 Å². The summed E-state index contributed by atoms with van der Waals surface area (Å²) in [6.45, 7) is 5.44. The first kappa shape index (κ1) is 19.9. The van der Waals surface area contributed by atoms with Gasteiger partial charge in [-0.25, -0.2) is 9.59 Å². The smallest absolute Gasteiger partial charge is 0.334 e. The van der Waals surface area contributed by atoms with Gasteiger partial charge in [-0.1, -0.05) is 85.5 Å². The van der Waals surface area contributed by atoms with Crippen LogP contribution in [0.15, 0.2) is 90.5 Å². The van der Waals surface area contributed by atoms with Gasteiger partial charge in [0.05, 0.1) is 0 Å². The maximum atomic E-state index is 12.4. The lowest BCUT2D eigenvalue weighted by molar-refractivity contribution is -0.140. The van der Waals surface area contributed by atoms with Crippen molar-refractivity contribution in [3.63, 3.8) is 0 Å². The van der Waals surface area contributed by atoms with Crippen molar-refractivity contribution < 1.29 is 19.4 Å². The molecule has 4 heteroatoms. The molecule has 0 amide bonds. The van der Waals surface area contributed by atoms with E-state index in [1.54, 1.807) is 6.08 Å². The summed E-state index contributed by atoms with van der Waals surface area (Å²) < 4.78 is 5.32. The summed E-state index contributed by atoms with van der Waals surface area (Å²) in [5, 5.41) is 9.15. The molecule has 0 spiro atoms. The van der Waals surface area contributed by atoms with Crippen molar-refractivity contribution in [2.45, 2.75) is 13.5 Å². The molecule has 4 nitrogen and oxygen atoms in total. The van der Waals surface area contributed by atoms with Gasteiger partial charge in [-0.05, 0) is 18.1 Å². The Morgan fingerprint density at radius 1 is 1.07 bits per heavy atom. The molecule has 0 heterocycles. The number of carboxylic acid groups (broad SMARTS) is 1. The molecule has 138 valence electrons. The lowest BCUT2D eigenvalue weighted by atomic mass is 9.96. The summed E-state index contributed by atoms with van der Waals surface area (Å²) in [7, 11) is 0. The summed E-state index contributed by atoms with van der Waals surface area (Å²) in [6.07, 6.45) is 5.06. The van der Waals surface area contributed by atoms with Gasteiger partial charge in [0.2, 0.25) is 0 Å². The molecule has 2 aromatic carbocycles. The molecular formula is C23H22O4. The molecule has 0 saturated heterocycles. The molecule has 0 fully saturated rings. The van der Waals surface area contributed by atoms with Crippen LogP contribution in [-0.2, 0) is 20.9 Å². The molecule has 0 aliphatic carbocycles. The van der Waals surface area contributed by atoms with Crippen LogP contribution in [0.2, 0.25) is 0 Å². The number of benzene rings is 2. The average molecular weight is 362 g/mol. The van der Waals surface area contributed by atoms with E-state index in [2.05, 4.69) is 6.58 Å². The first-order chi connectivity index (χ1) is 13.0. The monoisotopic (exact) mass is 362 g/mol. The molecule has 2 aromatic rings. The molecule has 0 aliphatic heterocycles. The third kappa shape index (κ3) is 6.44. The number of allylic oxidation sites excluding steroid dienone is 2. The second kappa shape index (κ2) is 9.92. The second-order valence-electron chi connectivity index (χ2n) is 6.04. The van der Waals surface area contributed by atoms with E-state index in [0.29, 0.717) is 0 Å². The number of rotatable bonds is 8. The zero-order chi connectivity index (χ0) is 19.6. The van der Waals surface area contributed by atoms with E-state index in [1.165, 1.54) is 13.0 Å². The molecule has 0 aromatic heterocycles. The second-order valence-corrected chi connectivity index (χ2v) is 6.04. The molecule has 1 atom stereocenters. The van der Waals surface area contributed by atoms with Gasteiger partial charge in [0.1, 0.15) is 6.61 Å². The molecule has 0 radical (unpaired) electrons. The van der Waals surface area contributed by atoms with E-state index in [-0.39, 0.29) is 17.8 Å². The lowest BCUT2D eigenvalue weighted by Gasteiger charge is -2.13. The Bertz CT molecular complexity index is 848. The number of aliphatic carboxylic acids is 1. The van der Waals surface area contributed by atoms with Crippen molar-refractivity contribution in [1.29, 1.82) is 0 Å². The maximum Gasteiger partial charge on any atom is 0.334 e. The normalized spacial score (nSPS) is 12.6. The topological polar surface area (TPSA) is 63.6 Å². The SMILES string of the molecule is C=C(C(=O)OCc1ccccc1)C(C=Cc1ccccc1)C=C(C)C(=O)O. The summed E-state index contributed by atoms with van der Waals surface area (Å²) in [6, 6.07) is 18.9. The van der Waals surface area contributed by atoms with E-state index < -0.39 is 17.9 Å². The highest BCUT2D eigenvalue weighted by atomic mass is 16.5. The molecule has 1 unspecified atom stereocenters. The summed E-state index contributed by atoms with van der Waals surface area (Å²) in [4.78, 5) is 23.6. The van der Waals surface area contributed by atoms with E-state index in [4.69, 9.17) is 9.84 Å². The number of esters is 1. The molecule has 0 aliphatic rings. The van der Waals surface area contributed by atoms with Crippen molar-refractivity contribution >= 4 is 18.0 Å². The predicted molar refractivity (Wildman–Crippen MR) is 106 cm³/mol. The van der Waals surface area contributed by atoms with E-state index in [9.17, 15) is 9.59 Å². The number of hydrogen-bond acceptors (Lipinski definition) is 3. The lowest BCUT2D eigenvalue weighted by Crippen LogP contribution is -2.14. The van der Waals surface area contributed by atoms with Gasteiger partial charge in [-0.2, -0.15) is 0 Å². The van der Waals surface area contributed by atoms with Crippen molar-refractivity contribution in [3.05, 3.63) is 102 Å². The Balaban J connectivity index is 2.14. The highest BCUT2D eigenvalue weighted by molar-refractivity contribution is 5.91. The highest BCUT2D eigenvalue weighted by Crippen LogP contribution is 2.19. The van der Waals surface area contributed by atoms with Gasteiger partial charge < -0.3 is 9.84 Å². The van der Waals surface area contributed by atoms with Gasteiger partial charge in [0, 0.05) is 17.1 Å². The van der Waals surface area contributed by atoms with Gasteiger partial charge in [-0.15, -0.1) is 0 Å². The fourth-order valence-corrected chi connectivity index (χ4v) is 2.34. The molecule has 0 bridgehead atoms. The highest BCUT2D eigenvalue weighted by Gasteiger charge is 2.18. The molecular weight excluding hydrogens is 340 g/mol. The van der Waals surface area contributed by atoms with Crippen LogP contribution in [0, 0.1) is 5.92 Å². The first-order valence-electron chi connectivity index (χ1n) is 8.52. The van der Waals surface area contributed by atoms with Crippen molar-refractivity contribution in [2.75, 3.05) is 0 Å². The third-order valence-corrected chi connectivity index (χ3v) is 3.94. The van der Waals surface area contributed by atoms with Crippen LogP contribution >= 0.6 is 0 Å². The predicted octanol–water partition coefficient (Wildman–Crippen LogP) is 4.65. The Labute approximate surface area is 159 Å². The third-order valence-electron chi connectivity index (χ3n) is 3.94. The fourth-order valence-electron chi connectivity index (χ4n) is 2.34. The van der Waals surface area contributed by atoms with Crippen molar-refractivity contribution in [2.24, 2.45) is 5.92 Å². The molecule has 1 N–H and O–H groups in total. The number of carbonyl (C=O) groups is 2. The molecule has 2 rings (SSSR count). The summed E-state index contributed by atoms with van der Waals surface area (Å²) in [5.74, 6) is -2.18. The maximum absolute atomic E-state index is 12.4. The zero-order valence-electron chi connectivity index (χ0n) is 15.2. The van der Waals surface area contributed by atoms with Gasteiger partial charge in [-0.3, -0.25) is 0 Å². The molecule has 27 heavy (non-hydrogen) atoms. The van der Waals surface area contributed by atoms with E-state index in [0.717, 1.165) is 11.1 Å². The van der Waals surface area contributed by atoms with Crippen LogP contribution in [0.3, 0.4) is 0 Å². The van der Waals surface area contributed by atoms with E-state index in [1.807, 2.05) is 66.7 Å². The van der Waals surface area contributed by atoms with Gasteiger partial charge >= 0.3 is 11.9 Å². The summed E-state index contributed by atoms with van der Waals surface area (Å²) >= 11 is 0. The standard InChI is InChI=1S/C23H22O4/c1-17(22(24)25)15-21(14-13-19-9-5-3-6-10-19)18(2)23(26)27-16-20-11-7-4-8-12-20/h3-15,21H,2,16H2,1H3,(H,24,25).